The van der Waals surface area contributed by atoms with Crippen LogP contribution in [0.25, 0.3) is 0 Å². The van der Waals surface area contributed by atoms with Crippen LogP contribution in [-0.2, 0) is 9.63 Å². The number of nitrogens with zero attached hydrogens (tertiary/aromatic N) is 2. The molecule has 0 bridgehead atoms. The topological polar surface area (TPSA) is 106 Å². The molecule has 3 rings (SSSR count). The molecule has 166 valence electrons. The molecule has 0 amide bonds. The molecule has 2 fully saturated rings. The predicted molar refractivity (Wildman–Crippen MR) is 115 cm³/mol. The third-order valence-electron chi connectivity index (χ3n) is 5.91. The van der Waals surface area contributed by atoms with Gasteiger partial charge in [0, 0.05) is 26.1 Å². The van der Waals surface area contributed by atoms with Crippen molar-refractivity contribution >= 4 is 12.2 Å². The van der Waals surface area contributed by atoms with Gasteiger partial charge >= 0.3 is 5.97 Å². The number of nitrogens with one attached hydrogen (secondary N) is 2. The Morgan fingerprint density at radius 2 is 2.10 bits per heavy atom. The lowest BCUT2D eigenvalue weighted by atomic mass is 9.84. The number of carbonyl (C=O) groups is 1. The number of hydrazone groups is 1. The van der Waals surface area contributed by atoms with Crippen molar-refractivity contribution in [3.63, 3.8) is 0 Å². The van der Waals surface area contributed by atoms with Crippen LogP contribution in [0.4, 0.5) is 0 Å². The molecule has 30 heavy (non-hydrogen) atoms. The molecule has 8 nitrogen and oxygen atoms in total. The largest absolute Gasteiger partial charge is 0.480 e. The minimum atomic E-state index is -0.823. The van der Waals surface area contributed by atoms with Gasteiger partial charge < -0.3 is 15.6 Å². The van der Waals surface area contributed by atoms with Crippen molar-refractivity contribution in [2.45, 2.75) is 63.2 Å². The van der Waals surface area contributed by atoms with Crippen LogP contribution in [0.1, 0.15) is 62.6 Å². The fourth-order valence-electron chi connectivity index (χ4n) is 4.07. The maximum Gasteiger partial charge on any atom is 0.317 e. The summed E-state index contributed by atoms with van der Waals surface area (Å²) in [5, 5.41) is 24.1. The van der Waals surface area contributed by atoms with Crippen LogP contribution >= 0.6 is 0 Å². The number of unbranched alkanes of at least 4 members (excludes halogenated alkanes) is 1. The van der Waals surface area contributed by atoms with Crippen molar-refractivity contribution in [2.24, 2.45) is 5.10 Å². The van der Waals surface area contributed by atoms with Crippen LogP contribution in [0.5, 0.6) is 0 Å². The van der Waals surface area contributed by atoms with E-state index in [9.17, 15) is 9.90 Å². The maximum atomic E-state index is 10.9. The number of piperidine rings is 1. The molecule has 2 unspecified atom stereocenters. The molecule has 0 spiro atoms. The molecule has 2 atom stereocenters. The Hall–Kier alpha value is -2.00. The normalized spacial score (nSPS) is 24.3. The fourth-order valence-corrected chi connectivity index (χ4v) is 4.07. The number of carboxylic acid groups (broad SMARTS) is 1. The average Bonchev–Trinajstić information content (AvgIpc) is 3.18. The van der Waals surface area contributed by atoms with Gasteiger partial charge in [0.05, 0.1) is 30.5 Å². The summed E-state index contributed by atoms with van der Waals surface area (Å²) in [4.78, 5) is 18.5. The number of rotatable bonds is 10. The molecule has 2 heterocycles. The minimum Gasteiger partial charge on any atom is -0.480 e. The highest BCUT2D eigenvalue weighted by Gasteiger charge is 2.38. The first-order chi connectivity index (χ1) is 14.5. The number of hydroxylamine groups is 1. The molecule has 1 aromatic rings. The highest BCUT2D eigenvalue weighted by Crippen LogP contribution is 2.34. The number of benzene rings is 1. The van der Waals surface area contributed by atoms with E-state index in [1.54, 1.807) is 0 Å². The third-order valence-corrected chi connectivity index (χ3v) is 5.91. The van der Waals surface area contributed by atoms with Gasteiger partial charge in [-0.2, -0.15) is 10.6 Å². The first-order valence-electron chi connectivity index (χ1n) is 10.9. The number of aliphatic hydroxyl groups is 1. The lowest BCUT2D eigenvalue weighted by Gasteiger charge is -2.38. The molecular formula is C22H34N4O4. The predicted octanol–water partition coefficient (Wildman–Crippen LogP) is 2.05. The maximum absolute atomic E-state index is 10.9. The molecule has 8 heteroatoms. The second kappa shape index (κ2) is 10.9. The Morgan fingerprint density at radius 3 is 2.77 bits per heavy atom. The number of hydrogen-bond acceptors (Lipinski definition) is 7. The van der Waals surface area contributed by atoms with Crippen molar-refractivity contribution in [3.05, 3.63) is 35.4 Å². The summed E-state index contributed by atoms with van der Waals surface area (Å²) >= 11 is 0. The first kappa shape index (κ1) is 22.7. The van der Waals surface area contributed by atoms with Gasteiger partial charge in [-0.3, -0.25) is 14.5 Å². The quantitative estimate of drug-likeness (QED) is 0.262. The summed E-state index contributed by atoms with van der Waals surface area (Å²) in [5.74, 6) is -0.823. The molecule has 1 aromatic carbocycles. The smallest absolute Gasteiger partial charge is 0.317 e. The van der Waals surface area contributed by atoms with E-state index in [1.807, 2.05) is 23.2 Å². The van der Waals surface area contributed by atoms with Crippen molar-refractivity contribution in [1.82, 2.24) is 15.8 Å². The first-order valence-corrected chi connectivity index (χ1v) is 10.9. The average molecular weight is 419 g/mol. The highest BCUT2D eigenvalue weighted by atomic mass is 16.7. The number of likely N-dealkylation sites (tertiary alicyclic amines) is 1. The third kappa shape index (κ3) is 6.77. The van der Waals surface area contributed by atoms with Gasteiger partial charge in [-0.25, -0.2) is 0 Å². The zero-order valence-corrected chi connectivity index (χ0v) is 17.7. The van der Waals surface area contributed by atoms with E-state index in [4.69, 9.17) is 9.94 Å². The van der Waals surface area contributed by atoms with Gasteiger partial charge in [-0.05, 0) is 36.8 Å². The van der Waals surface area contributed by atoms with Crippen LogP contribution < -0.4 is 10.9 Å². The molecule has 0 aliphatic carbocycles. The zero-order chi connectivity index (χ0) is 21.4. The molecule has 2 saturated heterocycles. The Labute approximate surface area is 178 Å². The Balaban J connectivity index is 1.44. The van der Waals surface area contributed by atoms with E-state index in [1.165, 1.54) is 0 Å². The van der Waals surface area contributed by atoms with Gasteiger partial charge in [-0.15, -0.1) is 0 Å². The highest BCUT2D eigenvalue weighted by molar-refractivity contribution is 5.79. The van der Waals surface area contributed by atoms with Crippen molar-refractivity contribution < 1.29 is 19.8 Å². The molecule has 0 radical (unpaired) electrons. The van der Waals surface area contributed by atoms with E-state index in [2.05, 4.69) is 35.1 Å². The Kier molecular flexibility index (Phi) is 8.21. The fraction of sp³-hybridized carbons (Fsp3) is 0.636. The van der Waals surface area contributed by atoms with Crippen LogP contribution in [0.15, 0.2) is 29.4 Å². The molecule has 4 N–H and O–H groups in total. The zero-order valence-electron chi connectivity index (χ0n) is 17.7. The van der Waals surface area contributed by atoms with E-state index in [0.717, 1.165) is 36.9 Å². The summed E-state index contributed by atoms with van der Waals surface area (Å²) in [6, 6.07) is 8.34. The number of hydrogen-bond donors (Lipinski definition) is 4. The van der Waals surface area contributed by atoms with E-state index >= 15 is 0 Å². The lowest BCUT2D eigenvalue weighted by Crippen LogP contribution is -2.47. The minimum absolute atomic E-state index is 0.0368. The summed E-state index contributed by atoms with van der Waals surface area (Å²) in [7, 11) is 0. The van der Waals surface area contributed by atoms with Gasteiger partial charge in [0.1, 0.15) is 0 Å². The summed E-state index contributed by atoms with van der Waals surface area (Å²) in [6.45, 7) is 4.28. The lowest BCUT2D eigenvalue weighted by molar-refractivity contribution is -0.140. The van der Waals surface area contributed by atoms with Crippen LogP contribution in [0, 0.1) is 0 Å². The number of aliphatic carboxylic acids is 1. The van der Waals surface area contributed by atoms with E-state index in [-0.39, 0.29) is 18.7 Å². The van der Waals surface area contributed by atoms with Crippen LogP contribution in [0.2, 0.25) is 0 Å². The standard InChI is InChI=1S/C22H34N4O4/c1-2-3-10-23-24-15-17-4-6-18(7-5-17)20-13-19(30-25-20)14-22(29)8-11-26(12-9-22)16-21(27)28/h4-7,15,19-20,23,25,29H,2-3,8-14,16H2,1H3,(H,27,28). The van der Waals surface area contributed by atoms with Gasteiger partial charge in [0.25, 0.3) is 0 Å². The SMILES string of the molecule is CCCCNN=Cc1ccc(C2CC(CC3(O)CCN(CC(=O)O)CC3)ON2)cc1. The summed E-state index contributed by atoms with van der Waals surface area (Å²) in [6.07, 6.45) is 6.53. The van der Waals surface area contributed by atoms with Crippen LogP contribution in [-0.4, -0.2) is 65.2 Å². The molecule has 0 saturated carbocycles. The van der Waals surface area contributed by atoms with Crippen molar-refractivity contribution in [1.29, 1.82) is 0 Å². The second-order valence-corrected chi connectivity index (χ2v) is 8.43. The second-order valence-electron chi connectivity index (χ2n) is 8.43. The monoisotopic (exact) mass is 418 g/mol. The van der Waals surface area contributed by atoms with Crippen LogP contribution in [0.3, 0.4) is 0 Å². The van der Waals surface area contributed by atoms with Gasteiger partial charge in [0.2, 0.25) is 0 Å². The summed E-state index contributed by atoms with van der Waals surface area (Å²) in [5.41, 5.74) is 7.55. The van der Waals surface area contributed by atoms with Gasteiger partial charge in [0.15, 0.2) is 0 Å². The van der Waals surface area contributed by atoms with Gasteiger partial charge in [-0.1, -0.05) is 37.6 Å². The molecular weight excluding hydrogens is 384 g/mol. The van der Waals surface area contributed by atoms with E-state index < -0.39 is 11.6 Å². The van der Waals surface area contributed by atoms with Crippen molar-refractivity contribution in [3.8, 4) is 0 Å². The Bertz CT molecular complexity index is 702. The van der Waals surface area contributed by atoms with E-state index in [0.29, 0.717) is 32.4 Å². The van der Waals surface area contributed by atoms with Crippen molar-refractivity contribution in [2.75, 3.05) is 26.2 Å². The molecule has 2 aliphatic rings. The Morgan fingerprint density at radius 1 is 1.37 bits per heavy atom. The number of carboxylic acids is 1. The summed E-state index contributed by atoms with van der Waals surface area (Å²) < 4.78 is 0. The molecule has 0 aromatic heterocycles. The molecule has 2 aliphatic heterocycles.